The van der Waals surface area contributed by atoms with Gasteiger partial charge in [-0.25, -0.2) is 0 Å². The minimum atomic E-state index is 0.0961. The zero-order valence-electron chi connectivity index (χ0n) is 7.46. The topological polar surface area (TPSA) is 20.2 Å². The molecule has 0 heterocycles. The zero-order valence-corrected chi connectivity index (χ0v) is 7.46. The Hall–Kier alpha value is -0.0400. The van der Waals surface area contributed by atoms with Crippen LogP contribution in [0.4, 0.5) is 0 Å². The van der Waals surface area contributed by atoms with Gasteiger partial charge in [-0.3, -0.25) is 0 Å². The summed E-state index contributed by atoms with van der Waals surface area (Å²) < 4.78 is 0. The van der Waals surface area contributed by atoms with E-state index in [2.05, 4.69) is 0 Å². The standard InChI is InChI=1S/C8H12O.C2H6/c9-8-2-4-1-7(8)6-3-5(4)6;1-2/h4-9H,1-3H2;1-2H3. The normalized spacial score (nSPS) is 56.5. The molecule has 2 bridgehead atoms. The van der Waals surface area contributed by atoms with E-state index < -0.39 is 0 Å². The number of rotatable bonds is 0. The van der Waals surface area contributed by atoms with Crippen molar-refractivity contribution < 1.29 is 5.11 Å². The molecule has 0 aromatic heterocycles. The average Bonchev–Trinajstić information content (AvgIpc) is 2.67. The molecule has 5 unspecified atom stereocenters. The van der Waals surface area contributed by atoms with Crippen molar-refractivity contribution in [2.75, 3.05) is 0 Å². The van der Waals surface area contributed by atoms with Crippen molar-refractivity contribution >= 4 is 0 Å². The van der Waals surface area contributed by atoms with E-state index in [9.17, 15) is 5.11 Å². The summed E-state index contributed by atoms with van der Waals surface area (Å²) in [6, 6.07) is 0. The lowest BCUT2D eigenvalue weighted by molar-refractivity contribution is 0.107. The Kier molecular flexibility index (Phi) is 1.71. The molecule has 0 aromatic carbocycles. The fourth-order valence-corrected chi connectivity index (χ4v) is 3.17. The molecule has 1 N–H and O–H groups in total. The van der Waals surface area contributed by atoms with Gasteiger partial charge >= 0.3 is 0 Å². The number of fused-ring (bicyclic) bond motifs is 5. The van der Waals surface area contributed by atoms with Gasteiger partial charge < -0.3 is 5.11 Å². The van der Waals surface area contributed by atoms with E-state index in [4.69, 9.17) is 0 Å². The Morgan fingerprint density at radius 1 is 0.909 bits per heavy atom. The van der Waals surface area contributed by atoms with Crippen LogP contribution < -0.4 is 0 Å². The number of aliphatic hydroxyl groups excluding tert-OH is 1. The second-order valence-electron chi connectivity index (χ2n) is 4.03. The molecule has 64 valence electrons. The summed E-state index contributed by atoms with van der Waals surface area (Å²) in [5.74, 6) is 3.71. The Morgan fingerprint density at radius 2 is 1.64 bits per heavy atom. The predicted octanol–water partition coefficient (Wildman–Crippen LogP) is 2.05. The maximum Gasteiger partial charge on any atom is 0.0574 e. The van der Waals surface area contributed by atoms with Crippen molar-refractivity contribution in [2.24, 2.45) is 23.7 Å². The summed E-state index contributed by atoms with van der Waals surface area (Å²) in [6.45, 7) is 4.00. The van der Waals surface area contributed by atoms with E-state index in [1.807, 2.05) is 13.8 Å². The summed E-state index contributed by atoms with van der Waals surface area (Å²) in [5.41, 5.74) is 0. The van der Waals surface area contributed by atoms with Gasteiger partial charge in [-0.1, -0.05) is 13.8 Å². The Bertz CT molecular complexity index is 151. The summed E-state index contributed by atoms with van der Waals surface area (Å²) in [7, 11) is 0. The van der Waals surface area contributed by atoms with Crippen LogP contribution in [-0.2, 0) is 0 Å². The first-order valence-corrected chi connectivity index (χ1v) is 5.04. The van der Waals surface area contributed by atoms with Crippen LogP contribution in [0.25, 0.3) is 0 Å². The molecule has 0 saturated heterocycles. The monoisotopic (exact) mass is 154 g/mol. The molecule has 3 saturated carbocycles. The minimum Gasteiger partial charge on any atom is -0.393 e. The van der Waals surface area contributed by atoms with E-state index >= 15 is 0 Å². The maximum atomic E-state index is 9.42. The highest BCUT2D eigenvalue weighted by Gasteiger charge is 2.60. The van der Waals surface area contributed by atoms with Crippen LogP contribution in [0, 0.1) is 23.7 Å². The molecule has 1 nitrogen and oxygen atoms in total. The third-order valence-corrected chi connectivity index (χ3v) is 3.66. The summed E-state index contributed by atoms with van der Waals surface area (Å²) in [6.07, 6.45) is 4.04. The van der Waals surface area contributed by atoms with Crippen LogP contribution in [0.2, 0.25) is 0 Å². The fraction of sp³-hybridized carbons (Fsp3) is 1.00. The van der Waals surface area contributed by atoms with Gasteiger partial charge in [0.1, 0.15) is 0 Å². The molecule has 11 heavy (non-hydrogen) atoms. The van der Waals surface area contributed by atoms with E-state index in [-0.39, 0.29) is 6.10 Å². The van der Waals surface area contributed by atoms with E-state index in [0.717, 1.165) is 30.1 Å². The molecule has 3 aliphatic carbocycles. The van der Waals surface area contributed by atoms with Gasteiger partial charge in [-0.2, -0.15) is 0 Å². The Labute approximate surface area is 68.8 Å². The lowest BCUT2D eigenvalue weighted by Gasteiger charge is -2.14. The molecule has 5 atom stereocenters. The molecule has 3 rings (SSSR count). The van der Waals surface area contributed by atoms with E-state index in [0.29, 0.717) is 0 Å². The van der Waals surface area contributed by atoms with Gasteiger partial charge in [0.2, 0.25) is 0 Å². The number of aliphatic hydroxyl groups is 1. The quantitative estimate of drug-likeness (QED) is 0.566. The molecule has 0 radical (unpaired) electrons. The third-order valence-electron chi connectivity index (χ3n) is 3.66. The zero-order chi connectivity index (χ0) is 8.01. The van der Waals surface area contributed by atoms with Crippen LogP contribution >= 0.6 is 0 Å². The van der Waals surface area contributed by atoms with Gasteiger partial charge in [0.05, 0.1) is 6.10 Å². The predicted molar refractivity (Wildman–Crippen MR) is 45.2 cm³/mol. The summed E-state index contributed by atoms with van der Waals surface area (Å²) in [4.78, 5) is 0. The highest BCUT2D eigenvalue weighted by molar-refractivity contribution is 5.09. The van der Waals surface area contributed by atoms with Gasteiger partial charge in [0.25, 0.3) is 0 Å². The van der Waals surface area contributed by atoms with Crippen molar-refractivity contribution in [3.05, 3.63) is 0 Å². The van der Waals surface area contributed by atoms with Crippen molar-refractivity contribution in [1.29, 1.82) is 0 Å². The summed E-state index contributed by atoms with van der Waals surface area (Å²) in [5, 5.41) is 9.42. The van der Waals surface area contributed by atoms with Crippen LogP contribution in [0.15, 0.2) is 0 Å². The molecular weight excluding hydrogens is 136 g/mol. The molecule has 3 aliphatic rings. The molecule has 0 aliphatic heterocycles. The van der Waals surface area contributed by atoms with Crippen LogP contribution in [0.1, 0.15) is 33.1 Å². The van der Waals surface area contributed by atoms with E-state index in [1.54, 1.807) is 0 Å². The molecular formula is C10H18O. The Balaban J connectivity index is 0.000000224. The van der Waals surface area contributed by atoms with Crippen LogP contribution in [0.3, 0.4) is 0 Å². The highest BCUT2D eigenvalue weighted by Crippen LogP contribution is 2.65. The lowest BCUT2D eigenvalue weighted by atomic mass is 9.98. The van der Waals surface area contributed by atoms with E-state index in [1.165, 1.54) is 12.8 Å². The molecule has 0 aromatic rings. The molecule has 1 heteroatoms. The molecule has 0 spiro atoms. The third kappa shape index (κ3) is 0.936. The SMILES string of the molecule is CC.OC1CC2CC1C1CC21. The van der Waals surface area contributed by atoms with Crippen molar-refractivity contribution in [3.63, 3.8) is 0 Å². The smallest absolute Gasteiger partial charge is 0.0574 e. The van der Waals surface area contributed by atoms with Gasteiger partial charge in [-0.05, 0) is 42.9 Å². The fourth-order valence-electron chi connectivity index (χ4n) is 3.17. The first-order valence-electron chi connectivity index (χ1n) is 5.04. The first kappa shape index (κ1) is 7.60. The first-order chi connectivity index (χ1) is 5.36. The van der Waals surface area contributed by atoms with Crippen LogP contribution in [-0.4, -0.2) is 11.2 Å². The minimum absolute atomic E-state index is 0.0961. The van der Waals surface area contributed by atoms with Gasteiger partial charge in [0.15, 0.2) is 0 Å². The average molecular weight is 154 g/mol. The number of hydrogen-bond acceptors (Lipinski definition) is 1. The molecule has 3 fully saturated rings. The Morgan fingerprint density at radius 3 is 2.09 bits per heavy atom. The number of hydrogen-bond donors (Lipinski definition) is 1. The maximum absolute atomic E-state index is 9.42. The summed E-state index contributed by atoms with van der Waals surface area (Å²) >= 11 is 0. The molecule has 0 amide bonds. The second-order valence-corrected chi connectivity index (χ2v) is 4.03. The largest absolute Gasteiger partial charge is 0.393 e. The lowest BCUT2D eigenvalue weighted by Crippen LogP contribution is -2.17. The van der Waals surface area contributed by atoms with Crippen molar-refractivity contribution in [1.82, 2.24) is 0 Å². The van der Waals surface area contributed by atoms with Gasteiger partial charge in [0, 0.05) is 0 Å². The van der Waals surface area contributed by atoms with Crippen LogP contribution in [0.5, 0.6) is 0 Å². The van der Waals surface area contributed by atoms with Gasteiger partial charge in [-0.15, -0.1) is 0 Å². The van der Waals surface area contributed by atoms with Crippen molar-refractivity contribution in [2.45, 2.75) is 39.2 Å². The highest BCUT2D eigenvalue weighted by atomic mass is 16.3. The second kappa shape index (κ2) is 2.48. The van der Waals surface area contributed by atoms with Crippen molar-refractivity contribution in [3.8, 4) is 0 Å².